The topological polar surface area (TPSA) is 69.2 Å². The van der Waals surface area contributed by atoms with E-state index in [0.717, 1.165) is 0 Å². The number of aromatic nitrogens is 2. The number of carbonyl (C=O) groups excluding carboxylic acids is 2. The molecule has 0 aliphatic carbocycles. The molecule has 1 aromatic heterocycles. The summed E-state index contributed by atoms with van der Waals surface area (Å²) in [6.45, 7) is 1.49. The van der Waals surface area contributed by atoms with E-state index in [1.165, 1.54) is 24.9 Å². The predicted octanol–water partition coefficient (Wildman–Crippen LogP) is 3.93. The molecule has 5 nitrogen and oxygen atoms in total. The first-order valence-corrected chi connectivity index (χ1v) is 8.47. The van der Waals surface area contributed by atoms with Gasteiger partial charge in [0.25, 0.3) is 0 Å². The summed E-state index contributed by atoms with van der Waals surface area (Å²) in [5.41, 5.74) is 0.329. The average Bonchev–Trinajstić information content (AvgIpc) is 2.55. The number of esters is 1. The standard InChI is InChI=1S/C15H12Cl2N2O3S/c1-8(13(20)9-3-5-10(16)6-4-9)22-14(21)12-11(17)7-18-15(19-12)23-2/h3-8H,1-2H3/t8-/m1/s1. The van der Waals surface area contributed by atoms with Gasteiger partial charge in [-0.3, -0.25) is 4.79 Å². The number of thioether (sulfide) groups is 1. The van der Waals surface area contributed by atoms with Crippen LogP contribution in [-0.4, -0.2) is 34.1 Å². The normalized spacial score (nSPS) is 11.8. The van der Waals surface area contributed by atoms with E-state index in [2.05, 4.69) is 9.97 Å². The lowest BCUT2D eigenvalue weighted by molar-refractivity contribution is 0.0312. The van der Waals surface area contributed by atoms with Crippen molar-refractivity contribution in [3.63, 3.8) is 0 Å². The second-order valence-corrected chi connectivity index (χ2v) is 6.09. The van der Waals surface area contributed by atoms with Crippen molar-refractivity contribution in [3.8, 4) is 0 Å². The fourth-order valence-electron chi connectivity index (χ4n) is 1.71. The summed E-state index contributed by atoms with van der Waals surface area (Å²) < 4.78 is 5.16. The minimum absolute atomic E-state index is 0.0678. The highest BCUT2D eigenvalue weighted by Gasteiger charge is 2.23. The van der Waals surface area contributed by atoms with Gasteiger partial charge in [-0.05, 0) is 37.4 Å². The number of ether oxygens (including phenoxy) is 1. The molecule has 2 aromatic rings. The fraction of sp³-hybridized carbons (Fsp3) is 0.200. The van der Waals surface area contributed by atoms with Crippen LogP contribution in [0.25, 0.3) is 0 Å². The molecule has 0 saturated heterocycles. The molecule has 0 radical (unpaired) electrons. The Kier molecular flexibility index (Phi) is 5.98. The molecule has 1 aromatic carbocycles. The Morgan fingerprint density at radius 2 is 1.87 bits per heavy atom. The van der Waals surface area contributed by atoms with Gasteiger partial charge in [0.1, 0.15) is 0 Å². The molecule has 0 fully saturated rings. The lowest BCUT2D eigenvalue weighted by atomic mass is 10.1. The molecule has 0 N–H and O–H groups in total. The summed E-state index contributed by atoms with van der Waals surface area (Å²) in [6.07, 6.45) is 2.11. The highest BCUT2D eigenvalue weighted by atomic mass is 35.5. The summed E-state index contributed by atoms with van der Waals surface area (Å²) in [5, 5.41) is 0.973. The van der Waals surface area contributed by atoms with Crippen molar-refractivity contribution in [3.05, 3.63) is 51.8 Å². The number of hydrogen-bond donors (Lipinski definition) is 0. The molecule has 0 bridgehead atoms. The maximum absolute atomic E-state index is 12.2. The number of rotatable bonds is 5. The fourth-order valence-corrected chi connectivity index (χ4v) is 2.35. The van der Waals surface area contributed by atoms with Crippen molar-refractivity contribution >= 4 is 46.7 Å². The quantitative estimate of drug-likeness (QED) is 0.343. The zero-order valence-electron chi connectivity index (χ0n) is 12.2. The molecule has 0 aliphatic rings. The summed E-state index contributed by atoms with van der Waals surface area (Å²) in [7, 11) is 0. The van der Waals surface area contributed by atoms with Gasteiger partial charge in [-0.15, -0.1) is 0 Å². The molecule has 23 heavy (non-hydrogen) atoms. The summed E-state index contributed by atoms with van der Waals surface area (Å²) >= 11 is 13.0. The third-order valence-electron chi connectivity index (χ3n) is 2.88. The molecule has 1 atom stereocenters. The molecule has 8 heteroatoms. The maximum Gasteiger partial charge on any atom is 0.359 e. The van der Waals surface area contributed by atoms with E-state index in [0.29, 0.717) is 15.7 Å². The third-order valence-corrected chi connectivity index (χ3v) is 3.97. The summed E-state index contributed by atoms with van der Waals surface area (Å²) in [6, 6.07) is 6.32. The number of ketones is 1. The number of hydrogen-bond acceptors (Lipinski definition) is 6. The average molecular weight is 371 g/mol. The first-order valence-electron chi connectivity index (χ1n) is 6.49. The number of benzene rings is 1. The van der Waals surface area contributed by atoms with Crippen LogP contribution in [0.3, 0.4) is 0 Å². The van der Waals surface area contributed by atoms with Crippen LogP contribution < -0.4 is 0 Å². The highest BCUT2D eigenvalue weighted by molar-refractivity contribution is 7.98. The van der Waals surface area contributed by atoms with Crippen LogP contribution in [0.4, 0.5) is 0 Å². The van der Waals surface area contributed by atoms with Crippen molar-refractivity contribution in [2.75, 3.05) is 6.26 Å². The van der Waals surface area contributed by atoms with Crippen molar-refractivity contribution in [1.82, 2.24) is 9.97 Å². The Bertz CT molecular complexity index is 738. The van der Waals surface area contributed by atoms with Crippen molar-refractivity contribution in [2.24, 2.45) is 0 Å². The molecule has 120 valence electrons. The molecule has 0 aliphatic heterocycles. The zero-order valence-corrected chi connectivity index (χ0v) is 14.6. The van der Waals surface area contributed by atoms with Crippen molar-refractivity contribution < 1.29 is 14.3 Å². The van der Waals surface area contributed by atoms with E-state index in [9.17, 15) is 9.59 Å². The van der Waals surface area contributed by atoms with Crippen molar-refractivity contribution in [1.29, 1.82) is 0 Å². The highest BCUT2D eigenvalue weighted by Crippen LogP contribution is 2.19. The number of halogens is 2. The van der Waals surface area contributed by atoms with Crippen LogP contribution in [0.2, 0.25) is 10.0 Å². The van der Waals surface area contributed by atoms with Crippen LogP contribution in [0.1, 0.15) is 27.8 Å². The predicted molar refractivity (Wildman–Crippen MR) is 89.5 cm³/mol. The molecule has 0 spiro atoms. The monoisotopic (exact) mass is 370 g/mol. The number of Topliss-reactive ketones (excluding diaryl/α,β-unsaturated/α-hetero) is 1. The van der Waals surface area contributed by atoms with E-state index < -0.39 is 12.1 Å². The Labute approximate surface area is 147 Å². The third kappa shape index (κ3) is 4.43. The second kappa shape index (κ2) is 7.77. The first-order chi connectivity index (χ1) is 10.9. The SMILES string of the molecule is CSc1ncc(Cl)c(C(=O)O[C@H](C)C(=O)c2ccc(Cl)cc2)n1. The van der Waals surface area contributed by atoms with Gasteiger partial charge in [0, 0.05) is 10.6 Å². The molecule has 2 rings (SSSR count). The van der Waals surface area contributed by atoms with E-state index in [1.807, 2.05) is 0 Å². The molecule has 0 amide bonds. The van der Waals surface area contributed by atoms with Crippen LogP contribution in [0.5, 0.6) is 0 Å². The summed E-state index contributed by atoms with van der Waals surface area (Å²) in [4.78, 5) is 32.3. The van der Waals surface area contributed by atoms with Gasteiger partial charge in [0.05, 0.1) is 11.2 Å². The smallest absolute Gasteiger partial charge is 0.359 e. The Morgan fingerprint density at radius 1 is 1.22 bits per heavy atom. The minimum Gasteiger partial charge on any atom is -0.449 e. The molecule has 1 heterocycles. The van der Waals surface area contributed by atoms with Gasteiger partial charge in [-0.2, -0.15) is 0 Å². The van der Waals surface area contributed by atoms with Gasteiger partial charge in [0.15, 0.2) is 17.0 Å². The maximum atomic E-state index is 12.2. The molecular formula is C15H12Cl2N2O3S. The van der Waals surface area contributed by atoms with Gasteiger partial charge in [-0.1, -0.05) is 35.0 Å². The van der Waals surface area contributed by atoms with Gasteiger partial charge in [-0.25, -0.2) is 14.8 Å². The van der Waals surface area contributed by atoms with Crippen LogP contribution in [-0.2, 0) is 4.74 Å². The van der Waals surface area contributed by atoms with E-state index in [4.69, 9.17) is 27.9 Å². The van der Waals surface area contributed by atoms with Crippen LogP contribution in [0.15, 0.2) is 35.6 Å². The lowest BCUT2D eigenvalue weighted by Gasteiger charge is -2.12. The van der Waals surface area contributed by atoms with E-state index in [-0.39, 0.29) is 16.5 Å². The Hall–Kier alpha value is -1.63. The van der Waals surface area contributed by atoms with Gasteiger partial charge >= 0.3 is 5.97 Å². The Balaban J connectivity index is 2.13. The first kappa shape index (κ1) is 17.7. The molecule has 0 unspecified atom stereocenters. The van der Waals surface area contributed by atoms with Gasteiger partial charge in [0.2, 0.25) is 5.78 Å². The largest absolute Gasteiger partial charge is 0.449 e. The van der Waals surface area contributed by atoms with Crippen molar-refractivity contribution in [2.45, 2.75) is 18.2 Å². The second-order valence-electron chi connectivity index (χ2n) is 4.47. The zero-order chi connectivity index (χ0) is 17.0. The minimum atomic E-state index is -0.979. The molecule has 0 saturated carbocycles. The van der Waals surface area contributed by atoms with E-state index in [1.54, 1.807) is 30.5 Å². The molecular weight excluding hydrogens is 359 g/mol. The van der Waals surface area contributed by atoms with E-state index >= 15 is 0 Å². The van der Waals surface area contributed by atoms with Gasteiger partial charge < -0.3 is 4.74 Å². The number of carbonyl (C=O) groups is 2. The van der Waals surface area contributed by atoms with Crippen LogP contribution >= 0.6 is 35.0 Å². The Morgan fingerprint density at radius 3 is 2.48 bits per heavy atom. The lowest BCUT2D eigenvalue weighted by Crippen LogP contribution is -2.25. The number of nitrogens with zero attached hydrogens (tertiary/aromatic N) is 2. The summed E-state index contributed by atoms with van der Waals surface area (Å²) in [5.74, 6) is -1.12. The van der Waals surface area contributed by atoms with Crippen LogP contribution in [0, 0.1) is 0 Å².